The van der Waals surface area contributed by atoms with Crippen molar-refractivity contribution in [2.75, 3.05) is 26.1 Å². The second-order valence-electron chi connectivity index (χ2n) is 3.46. The fourth-order valence-electron chi connectivity index (χ4n) is 1.59. The van der Waals surface area contributed by atoms with Gasteiger partial charge in [0.2, 0.25) is 0 Å². The van der Waals surface area contributed by atoms with Crippen LogP contribution in [0.5, 0.6) is 6.01 Å². The lowest BCUT2D eigenvalue weighted by atomic mass is 10.2. The normalized spacial score (nSPS) is 13.9. The minimum atomic E-state index is 0.441. The first-order chi connectivity index (χ1) is 6.72. The summed E-state index contributed by atoms with van der Waals surface area (Å²) in [5.41, 5.74) is 2.22. The number of aromatic nitrogens is 2. The van der Waals surface area contributed by atoms with E-state index in [4.69, 9.17) is 4.74 Å². The molecule has 0 radical (unpaired) electrons. The van der Waals surface area contributed by atoms with E-state index in [9.17, 15) is 0 Å². The van der Waals surface area contributed by atoms with Crippen LogP contribution in [0.4, 0.5) is 5.82 Å². The Morgan fingerprint density at radius 1 is 1.29 bits per heavy atom. The summed E-state index contributed by atoms with van der Waals surface area (Å²) in [6.45, 7) is 1.64. The van der Waals surface area contributed by atoms with E-state index in [0.29, 0.717) is 6.01 Å². The number of hydrogen-bond donors (Lipinski definition) is 1. The fourth-order valence-corrected chi connectivity index (χ4v) is 1.59. The molecule has 1 aliphatic rings. The molecule has 0 unspecified atom stereocenters. The minimum Gasteiger partial charge on any atom is -0.467 e. The van der Waals surface area contributed by atoms with Crippen LogP contribution in [0, 0.1) is 0 Å². The van der Waals surface area contributed by atoms with Gasteiger partial charge in [-0.1, -0.05) is 0 Å². The van der Waals surface area contributed by atoms with Gasteiger partial charge in [0.05, 0.1) is 12.8 Å². The first-order valence-corrected chi connectivity index (χ1v) is 4.54. The molecule has 2 rings (SSSR count). The molecule has 0 saturated carbocycles. The van der Waals surface area contributed by atoms with Crippen LogP contribution in [-0.4, -0.2) is 31.2 Å². The molecule has 0 saturated heterocycles. The number of hydrogen-bond acceptors (Lipinski definition) is 5. The zero-order chi connectivity index (χ0) is 10.1. The van der Waals surface area contributed by atoms with Gasteiger partial charge in [0.15, 0.2) is 0 Å². The summed E-state index contributed by atoms with van der Waals surface area (Å²) in [5, 5.41) is 3.25. The number of ether oxygens (including phenoxy) is 1. The molecule has 0 fully saturated rings. The van der Waals surface area contributed by atoms with E-state index < -0.39 is 0 Å². The summed E-state index contributed by atoms with van der Waals surface area (Å²) in [6, 6.07) is 0.441. The van der Waals surface area contributed by atoms with Gasteiger partial charge in [0.25, 0.3) is 0 Å². The van der Waals surface area contributed by atoms with Crippen molar-refractivity contribution in [3.8, 4) is 6.01 Å². The van der Waals surface area contributed by atoms with Crippen LogP contribution in [0.1, 0.15) is 11.3 Å². The fraction of sp³-hybridized carbons (Fsp3) is 0.556. The van der Waals surface area contributed by atoms with Crippen molar-refractivity contribution >= 4 is 5.82 Å². The van der Waals surface area contributed by atoms with E-state index in [1.54, 1.807) is 7.11 Å². The van der Waals surface area contributed by atoms with Crippen LogP contribution in [0.25, 0.3) is 0 Å². The van der Waals surface area contributed by atoms with Gasteiger partial charge < -0.3 is 15.0 Å². The van der Waals surface area contributed by atoms with Gasteiger partial charge >= 0.3 is 6.01 Å². The van der Waals surface area contributed by atoms with Crippen LogP contribution in [-0.2, 0) is 13.1 Å². The molecule has 0 atom stereocenters. The predicted molar refractivity (Wildman–Crippen MR) is 53.5 cm³/mol. The van der Waals surface area contributed by atoms with E-state index in [-0.39, 0.29) is 0 Å². The first kappa shape index (κ1) is 9.21. The van der Waals surface area contributed by atoms with Crippen LogP contribution in [0.2, 0.25) is 0 Å². The quantitative estimate of drug-likeness (QED) is 0.726. The maximum absolute atomic E-state index is 5.05. The Morgan fingerprint density at radius 3 is 2.71 bits per heavy atom. The van der Waals surface area contributed by atoms with Crippen LogP contribution < -0.4 is 15.0 Å². The summed E-state index contributed by atoms with van der Waals surface area (Å²) < 4.78 is 5.05. The smallest absolute Gasteiger partial charge is 0.318 e. The Labute approximate surface area is 83.1 Å². The second kappa shape index (κ2) is 3.42. The van der Waals surface area contributed by atoms with E-state index in [0.717, 1.165) is 24.6 Å². The number of nitrogens with zero attached hydrogens (tertiary/aromatic N) is 3. The van der Waals surface area contributed by atoms with Crippen molar-refractivity contribution in [3.05, 3.63) is 11.3 Å². The van der Waals surface area contributed by atoms with Gasteiger partial charge in [0, 0.05) is 32.7 Å². The highest BCUT2D eigenvalue weighted by molar-refractivity contribution is 5.50. The molecule has 1 aliphatic heterocycles. The molecule has 0 aromatic carbocycles. The van der Waals surface area contributed by atoms with E-state index in [2.05, 4.69) is 15.3 Å². The maximum Gasteiger partial charge on any atom is 0.318 e. The summed E-state index contributed by atoms with van der Waals surface area (Å²) >= 11 is 0. The lowest BCUT2D eigenvalue weighted by molar-refractivity contribution is 0.378. The average Bonchev–Trinajstić information content (AvgIpc) is 2.63. The highest BCUT2D eigenvalue weighted by Gasteiger charge is 2.20. The highest BCUT2D eigenvalue weighted by Crippen LogP contribution is 2.24. The highest BCUT2D eigenvalue weighted by atomic mass is 16.5. The van der Waals surface area contributed by atoms with Crippen LogP contribution in [0.3, 0.4) is 0 Å². The Kier molecular flexibility index (Phi) is 2.25. The van der Waals surface area contributed by atoms with Gasteiger partial charge in [-0.25, -0.2) is 0 Å². The first-order valence-electron chi connectivity index (χ1n) is 4.54. The molecule has 0 aliphatic carbocycles. The SMILES string of the molecule is COc1nc2c(c(N(C)C)n1)CNC2. The summed E-state index contributed by atoms with van der Waals surface area (Å²) in [7, 11) is 5.53. The molecule has 5 nitrogen and oxygen atoms in total. The molecule has 76 valence electrons. The maximum atomic E-state index is 5.05. The molecular weight excluding hydrogens is 180 g/mol. The molecule has 5 heteroatoms. The molecule has 0 spiro atoms. The number of methoxy groups -OCH3 is 1. The Hall–Kier alpha value is -1.36. The Balaban J connectivity index is 2.52. The molecule has 0 bridgehead atoms. The molecule has 0 amide bonds. The molecule has 1 N–H and O–H groups in total. The van der Waals surface area contributed by atoms with Crippen LogP contribution >= 0.6 is 0 Å². The van der Waals surface area contributed by atoms with E-state index in [1.807, 2.05) is 19.0 Å². The van der Waals surface area contributed by atoms with Gasteiger partial charge in [-0.15, -0.1) is 0 Å². The average molecular weight is 194 g/mol. The molecule has 14 heavy (non-hydrogen) atoms. The monoisotopic (exact) mass is 194 g/mol. The molecular formula is C9H14N4O. The second-order valence-corrected chi connectivity index (χ2v) is 3.46. The summed E-state index contributed by atoms with van der Waals surface area (Å²) in [5.74, 6) is 0.942. The van der Waals surface area contributed by atoms with Crippen molar-refractivity contribution in [1.82, 2.24) is 15.3 Å². The lowest BCUT2D eigenvalue weighted by Gasteiger charge is -2.15. The number of anilines is 1. The largest absolute Gasteiger partial charge is 0.467 e. The molecule has 1 aromatic rings. The van der Waals surface area contributed by atoms with E-state index >= 15 is 0 Å². The standard InChI is InChI=1S/C9H14N4O/c1-13(2)8-6-4-10-5-7(6)11-9(12-8)14-3/h10H,4-5H2,1-3H3. The van der Waals surface area contributed by atoms with Crippen LogP contribution in [0.15, 0.2) is 0 Å². The molecule has 2 heterocycles. The zero-order valence-corrected chi connectivity index (χ0v) is 8.66. The van der Waals surface area contributed by atoms with Gasteiger partial charge in [0.1, 0.15) is 5.82 Å². The van der Waals surface area contributed by atoms with Gasteiger partial charge in [-0.05, 0) is 0 Å². The van der Waals surface area contributed by atoms with Crippen molar-refractivity contribution in [1.29, 1.82) is 0 Å². The molecule has 1 aromatic heterocycles. The zero-order valence-electron chi connectivity index (χ0n) is 8.66. The Morgan fingerprint density at radius 2 is 2.07 bits per heavy atom. The lowest BCUT2D eigenvalue weighted by Crippen LogP contribution is -2.15. The topological polar surface area (TPSA) is 50.3 Å². The van der Waals surface area contributed by atoms with Gasteiger partial charge in [-0.3, -0.25) is 0 Å². The van der Waals surface area contributed by atoms with Crippen molar-refractivity contribution < 1.29 is 4.74 Å². The Bertz CT molecular complexity index is 351. The van der Waals surface area contributed by atoms with Gasteiger partial charge in [-0.2, -0.15) is 9.97 Å². The number of nitrogens with one attached hydrogen (secondary N) is 1. The third kappa shape index (κ3) is 1.39. The summed E-state index contributed by atoms with van der Waals surface area (Å²) in [6.07, 6.45) is 0. The van der Waals surface area contributed by atoms with Crippen molar-refractivity contribution in [2.24, 2.45) is 0 Å². The van der Waals surface area contributed by atoms with E-state index in [1.165, 1.54) is 5.56 Å². The third-order valence-electron chi connectivity index (χ3n) is 2.25. The number of rotatable bonds is 2. The minimum absolute atomic E-state index is 0.441. The predicted octanol–water partition coefficient (Wildman–Crippen LogP) is 0.154. The number of fused-ring (bicyclic) bond motifs is 1. The third-order valence-corrected chi connectivity index (χ3v) is 2.25. The summed E-state index contributed by atoms with van der Waals surface area (Å²) in [4.78, 5) is 10.6. The van der Waals surface area contributed by atoms with Crippen molar-refractivity contribution in [3.63, 3.8) is 0 Å². The van der Waals surface area contributed by atoms with Crippen molar-refractivity contribution in [2.45, 2.75) is 13.1 Å².